The van der Waals surface area contributed by atoms with E-state index in [0.717, 1.165) is 4.90 Å². The lowest BCUT2D eigenvalue weighted by Crippen LogP contribution is -2.33. The predicted octanol–water partition coefficient (Wildman–Crippen LogP) is 2.36. The van der Waals surface area contributed by atoms with Crippen LogP contribution in [0.2, 0.25) is 0 Å². The Bertz CT molecular complexity index is 902. The first-order valence-corrected chi connectivity index (χ1v) is 7.78. The highest BCUT2D eigenvalue weighted by molar-refractivity contribution is 6.21. The fraction of sp³-hybridized carbons (Fsp3) is 0.167. The highest BCUT2D eigenvalue weighted by Crippen LogP contribution is 2.24. The van der Waals surface area contributed by atoms with Gasteiger partial charge in [0.05, 0.1) is 22.6 Å². The monoisotopic (exact) mass is 354 g/mol. The third-order valence-corrected chi connectivity index (χ3v) is 4.07. The van der Waals surface area contributed by atoms with Crippen molar-refractivity contribution < 1.29 is 24.0 Å². The summed E-state index contributed by atoms with van der Waals surface area (Å²) >= 11 is 0. The number of ether oxygens (including phenoxy) is 1. The molecule has 0 bridgehead atoms. The molecule has 26 heavy (non-hydrogen) atoms. The molecule has 8 nitrogen and oxygen atoms in total. The van der Waals surface area contributed by atoms with E-state index in [9.17, 15) is 24.5 Å². The lowest BCUT2D eigenvalue weighted by molar-refractivity contribution is -0.385. The summed E-state index contributed by atoms with van der Waals surface area (Å²) in [5.74, 6) is -1.79. The third kappa shape index (κ3) is 2.92. The van der Waals surface area contributed by atoms with Crippen molar-refractivity contribution >= 4 is 23.5 Å². The molecule has 0 aromatic heterocycles. The van der Waals surface area contributed by atoms with E-state index in [0.29, 0.717) is 16.7 Å². The first-order chi connectivity index (χ1) is 12.4. The molecule has 1 heterocycles. The molecule has 3 rings (SSSR count). The molecular formula is C18H14N2O6. The number of aryl methyl sites for hydroxylation is 1. The number of amides is 2. The van der Waals surface area contributed by atoms with E-state index in [4.69, 9.17) is 4.74 Å². The summed E-state index contributed by atoms with van der Waals surface area (Å²) in [6.07, 6.45) is 0. The Hall–Kier alpha value is -3.55. The van der Waals surface area contributed by atoms with E-state index in [1.165, 1.54) is 25.1 Å². The Labute approximate surface area is 148 Å². The highest BCUT2D eigenvalue weighted by Gasteiger charge is 2.35. The van der Waals surface area contributed by atoms with Crippen molar-refractivity contribution in [2.75, 3.05) is 13.2 Å². The fourth-order valence-corrected chi connectivity index (χ4v) is 2.82. The Morgan fingerprint density at radius 1 is 1.08 bits per heavy atom. The Kier molecular flexibility index (Phi) is 4.49. The highest BCUT2D eigenvalue weighted by atomic mass is 16.6. The summed E-state index contributed by atoms with van der Waals surface area (Å²) in [4.78, 5) is 48.1. The average molecular weight is 354 g/mol. The molecule has 2 amide bonds. The van der Waals surface area contributed by atoms with Crippen molar-refractivity contribution in [2.24, 2.45) is 0 Å². The molecule has 0 spiro atoms. The fourth-order valence-electron chi connectivity index (χ4n) is 2.82. The molecule has 0 saturated heterocycles. The molecule has 2 aromatic carbocycles. The van der Waals surface area contributed by atoms with Gasteiger partial charge in [-0.3, -0.25) is 24.6 Å². The normalized spacial score (nSPS) is 12.9. The van der Waals surface area contributed by atoms with Gasteiger partial charge >= 0.3 is 5.97 Å². The first kappa shape index (κ1) is 17.3. The predicted molar refractivity (Wildman–Crippen MR) is 89.9 cm³/mol. The largest absolute Gasteiger partial charge is 0.460 e. The van der Waals surface area contributed by atoms with Crippen molar-refractivity contribution in [1.29, 1.82) is 0 Å². The maximum Gasteiger partial charge on any atom is 0.345 e. The minimum absolute atomic E-state index is 0.127. The Morgan fingerprint density at radius 2 is 1.69 bits per heavy atom. The molecule has 0 saturated carbocycles. The van der Waals surface area contributed by atoms with Crippen LogP contribution in [0.1, 0.15) is 36.6 Å². The van der Waals surface area contributed by atoms with Gasteiger partial charge in [0.1, 0.15) is 12.2 Å². The van der Waals surface area contributed by atoms with Gasteiger partial charge in [0.15, 0.2) is 0 Å². The maximum absolute atomic E-state index is 12.2. The van der Waals surface area contributed by atoms with Crippen molar-refractivity contribution in [3.63, 3.8) is 0 Å². The number of rotatable bonds is 5. The number of fused-ring (bicyclic) bond motifs is 1. The lowest BCUT2D eigenvalue weighted by atomic mass is 10.1. The number of hydrogen-bond acceptors (Lipinski definition) is 6. The molecular weight excluding hydrogens is 340 g/mol. The SMILES string of the molecule is Cc1cccc(C(=O)OCCN2C(=O)c3ccccc3C2=O)c1[N+](=O)[O-]. The summed E-state index contributed by atoms with van der Waals surface area (Å²) in [5.41, 5.74) is 0.455. The summed E-state index contributed by atoms with van der Waals surface area (Å²) in [6, 6.07) is 10.8. The molecule has 0 N–H and O–H groups in total. The van der Waals surface area contributed by atoms with Gasteiger partial charge < -0.3 is 4.74 Å². The van der Waals surface area contributed by atoms with Crippen LogP contribution in [0.3, 0.4) is 0 Å². The van der Waals surface area contributed by atoms with E-state index in [1.807, 2.05) is 0 Å². The van der Waals surface area contributed by atoms with Gasteiger partial charge in [-0.05, 0) is 25.1 Å². The molecule has 0 aliphatic carbocycles. The van der Waals surface area contributed by atoms with Gasteiger partial charge in [-0.25, -0.2) is 4.79 Å². The van der Waals surface area contributed by atoms with Crippen LogP contribution in [0.4, 0.5) is 5.69 Å². The number of benzene rings is 2. The zero-order valence-corrected chi connectivity index (χ0v) is 13.8. The van der Waals surface area contributed by atoms with Crippen LogP contribution in [0, 0.1) is 17.0 Å². The van der Waals surface area contributed by atoms with Crippen molar-refractivity contribution in [1.82, 2.24) is 4.90 Å². The van der Waals surface area contributed by atoms with Gasteiger partial charge in [-0.15, -0.1) is 0 Å². The molecule has 0 unspecified atom stereocenters. The van der Waals surface area contributed by atoms with E-state index >= 15 is 0 Å². The summed E-state index contributed by atoms with van der Waals surface area (Å²) in [7, 11) is 0. The van der Waals surface area contributed by atoms with E-state index in [-0.39, 0.29) is 24.4 Å². The number of imide groups is 1. The maximum atomic E-state index is 12.2. The summed E-state index contributed by atoms with van der Waals surface area (Å²) < 4.78 is 5.04. The number of esters is 1. The molecule has 132 valence electrons. The number of carbonyl (C=O) groups is 3. The van der Waals surface area contributed by atoms with Crippen molar-refractivity contribution in [2.45, 2.75) is 6.92 Å². The zero-order chi connectivity index (χ0) is 18.8. The van der Waals surface area contributed by atoms with E-state index in [1.54, 1.807) is 24.3 Å². The quantitative estimate of drug-likeness (QED) is 0.353. The lowest BCUT2D eigenvalue weighted by Gasteiger charge is -2.14. The second-order valence-corrected chi connectivity index (χ2v) is 5.67. The number of para-hydroxylation sites is 1. The van der Waals surface area contributed by atoms with Crippen LogP contribution in [0.5, 0.6) is 0 Å². The number of nitro benzene ring substituents is 1. The zero-order valence-electron chi connectivity index (χ0n) is 13.8. The van der Waals surface area contributed by atoms with Crippen LogP contribution in [0.25, 0.3) is 0 Å². The standard InChI is InChI=1S/C18H14N2O6/c1-11-5-4-8-14(15(11)20(24)25)18(23)26-10-9-19-16(21)12-6-2-3-7-13(12)17(19)22/h2-8H,9-10H2,1H3. The average Bonchev–Trinajstić information content (AvgIpc) is 2.86. The van der Waals surface area contributed by atoms with Crippen LogP contribution in [-0.4, -0.2) is 40.8 Å². The van der Waals surface area contributed by atoms with Gasteiger partial charge in [0.25, 0.3) is 17.5 Å². The van der Waals surface area contributed by atoms with Gasteiger partial charge in [0.2, 0.25) is 0 Å². The second kappa shape index (κ2) is 6.75. The Morgan fingerprint density at radius 3 is 2.27 bits per heavy atom. The van der Waals surface area contributed by atoms with Gasteiger partial charge in [-0.2, -0.15) is 0 Å². The minimum atomic E-state index is -0.878. The van der Waals surface area contributed by atoms with Gasteiger partial charge in [-0.1, -0.05) is 24.3 Å². The molecule has 8 heteroatoms. The van der Waals surface area contributed by atoms with Crippen LogP contribution in [-0.2, 0) is 4.74 Å². The molecule has 0 radical (unpaired) electrons. The number of nitrogens with zero attached hydrogens (tertiary/aromatic N) is 2. The van der Waals surface area contributed by atoms with Crippen LogP contribution >= 0.6 is 0 Å². The molecule has 2 aromatic rings. The topological polar surface area (TPSA) is 107 Å². The van der Waals surface area contributed by atoms with Crippen LogP contribution < -0.4 is 0 Å². The number of nitro groups is 1. The summed E-state index contributed by atoms with van der Waals surface area (Å²) in [5, 5.41) is 11.1. The molecule has 0 fully saturated rings. The van der Waals surface area contributed by atoms with Crippen molar-refractivity contribution in [3.05, 3.63) is 74.8 Å². The molecule has 1 aliphatic rings. The molecule has 1 aliphatic heterocycles. The summed E-state index contributed by atoms with van der Waals surface area (Å²) in [6.45, 7) is 1.14. The van der Waals surface area contributed by atoms with Gasteiger partial charge in [0, 0.05) is 5.56 Å². The minimum Gasteiger partial charge on any atom is -0.460 e. The third-order valence-electron chi connectivity index (χ3n) is 4.07. The number of carbonyl (C=O) groups excluding carboxylic acids is 3. The number of hydrogen-bond donors (Lipinski definition) is 0. The second-order valence-electron chi connectivity index (χ2n) is 5.67. The van der Waals surface area contributed by atoms with E-state index < -0.39 is 22.7 Å². The Balaban J connectivity index is 1.68. The smallest absolute Gasteiger partial charge is 0.345 e. The first-order valence-electron chi connectivity index (χ1n) is 7.78. The van der Waals surface area contributed by atoms with E-state index in [2.05, 4.69) is 0 Å². The van der Waals surface area contributed by atoms with Crippen LogP contribution in [0.15, 0.2) is 42.5 Å². The van der Waals surface area contributed by atoms with Crippen molar-refractivity contribution in [3.8, 4) is 0 Å². The molecule has 0 atom stereocenters.